The lowest BCUT2D eigenvalue weighted by atomic mass is 9.96. The third kappa shape index (κ3) is 5.75. The van der Waals surface area contributed by atoms with Crippen LogP contribution in [0.15, 0.2) is 22.8 Å². The van der Waals surface area contributed by atoms with E-state index in [1.54, 1.807) is 17.9 Å². The van der Waals surface area contributed by atoms with Crippen LogP contribution in [0.5, 0.6) is 0 Å². The number of piperidine rings is 1. The van der Waals surface area contributed by atoms with Crippen LogP contribution in [-0.4, -0.2) is 54.8 Å². The van der Waals surface area contributed by atoms with Crippen molar-refractivity contribution in [2.45, 2.75) is 25.8 Å². The van der Waals surface area contributed by atoms with E-state index in [0.29, 0.717) is 26.2 Å². The molecule has 2 heterocycles. The summed E-state index contributed by atoms with van der Waals surface area (Å²) in [6.45, 7) is 3.38. The second-order valence-corrected chi connectivity index (χ2v) is 5.88. The van der Waals surface area contributed by atoms with Crippen molar-refractivity contribution >= 4 is 30.1 Å². The second-order valence-electron chi connectivity index (χ2n) is 5.88. The minimum absolute atomic E-state index is 0. The minimum atomic E-state index is -0.687. The predicted molar refractivity (Wildman–Crippen MR) is 94.3 cm³/mol. The SMILES string of the molecule is CC(NC(=O)c1ccco1)C(=O)N1CCCC(C(=O)NCCN)C1.Cl. The Morgan fingerprint density at radius 2 is 2.20 bits per heavy atom. The Hall–Kier alpha value is -2.06. The molecule has 1 saturated heterocycles. The number of carbonyl (C=O) groups is 3. The molecule has 1 aliphatic rings. The largest absolute Gasteiger partial charge is 0.459 e. The number of hydrogen-bond donors (Lipinski definition) is 3. The molecule has 3 amide bonds. The number of nitrogens with zero attached hydrogens (tertiary/aromatic N) is 1. The number of amides is 3. The lowest BCUT2D eigenvalue weighted by Crippen LogP contribution is -2.52. The fraction of sp³-hybridized carbons (Fsp3) is 0.562. The molecule has 0 bridgehead atoms. The van der Waals surface area contributed by atoms with Gasteiger partial charge in [-0.15, -0.1) is 12.4 Å². The molecule has 2 unspecified atom stereocenters. The van der Waals surface area contributed by atoms with Crippen LogP contribution in [0.2, 0.25) is 0 Å². The van der Waals surface area contributed by atoms with E-state index < -0.39 is 11.9 Å². The van der Waals surface area contributed by atoms with E-state index in [4.69, 9.17) is 10.2 Å². The van der Waals surface area contributed by atoms with Gasteiger partial charge in [-0.3, -0.25) is 14.4 Å². The summed E-state index contributed by atoms with van der Waals surface area (Å²) < 4.78 is 5.01. The van der Waals surface area contributed by atoms with Crippen molar-refractivity contribution in [3.8, 4) is 0 Å². The molecule has 4 N–H and O–H groups in total. The van der Waals surface area contributed by atoms with Crippen LogP contribution < -0.4 is 16.4 Å². The first-order chi connectivity index (χ1) is 11.5. The molecule has 0 aromatic carbocycles. The smallest absolute Gasteiger partial charge is 0.287 e. The van der Waals surface area contributed by atoms with Gasteiger partial charge in [-0.05, 0) is 31.9 Å². The summed E-state index contributed by atoms with van der Waals surface area (Å²) in [5, 5.41) is 5.37. The van der Waals surface area contributed by atoms with E-state index in [1.807, 2.05) is 0 Å². The van der Waals surface area contributed by atoms with Crippen LogP contribution in [0.3, 0.4) is 0 Å². The van der Waals surface area contributed by atoms with Crippen LogP contribution in [0, 0.1) is 5.92 Å². The zero-order valence-corrected chi connectivity index (χ0v) is 15.0. The highest BCUT2D eigenvalue weighted by atomic mass is 35.5. The highest BCUT2D eigenvalue weighted by Crippen LogP contribution is 2.17. The van der Waals surface area contributed by atoms with Gasteiger partial charge in [0.25, 0.3) is 5.91 Å². The summed E-state index contributed by atoms with van der Waals surface area (Å²) in [5.74, 6) is -0.791. The van der Waals surface area contributed by atoms with Crippen LogP contribution in [-0.2, 0) is 9.59 Å². The minimum Gasteiger partial charge on any atom is -0.459 e. The first kappa shape index (κ1) is 21.0. The van der Waals surface area contributed by atoms with E-state index >= 15 is 0 Å². The van der Waals surface area contributed by atoms with Crippen molar-refractivity contribution in [3.05, 3.63) is 24.2 Å². The normalized spacial score (nSPS) is 18.0. The third-order valence-electron chi connectivity index (χ3n) is 4.01. The summed E-state index contributed by atoms with van der Waals surface area (Å²) in [7, 11) is 0. The third-order valence-corrected chi connectivity index (χ3v) is 4.01. The highest BCUT2D eigenvalue weighted by molar-refractivity contribution is 5.95. The Morgan fingerprint density at radius 1 is 1.44 bits per heavy atom. The molecular weight excluding hydrogens is 348 g/mol. The Morgan fingerprint density at radius 3 is 2.84 bits per heavy atom. The van der Waals surface area contributed by atoms with Gasteiger partial charge in [-0.25, -0.2) is 0 Å². The maximum absolute atomic E-state index is 12.5. The molecule has 8 nitrogen and oxygen atoms in total. The van der Waals surface area contributed by atoms with Crippen LogP contribution in [0.25, 0.3) is 0 Å². The molecule has 2 atom stereocenters. The number of nitrogens with one attached hydrogen (secondary N) is 2. The Balaban J connectivity index is 0.00000312. The zero-order chi connectivity index (χ0) is 17.5. The fourth-order valence-corrected chi connectivity index (χ4v) is 2.74. The molecule has 1 fully saturated rings. The van der Waals surface area contributed by atoms with E-state index in [9.17, 15) is 14.4 Å². The molecule has 0 spiro atoms. The summed E-state index contributed by atoms with van der Waals surface area (Å²) in [6, 6.07) is 2.45. The van der Waals surface area contributed by atoms with Crippen molar-refractivity contribution in [1.29, 1.82) is 0 Å². The Bertz CT molecular complexity index is 579. The lowest BCUT2D eigenvalue weighted by molar-refractivity contribution is -0.137. The molecule has 1 aromatic heterocycles. The monoisotopic (exact) mass is 372 g/mol. The molecule has 0 aliphatic carbocycles. The quantitative estimate of drug-likeness (QED) is 0.656. The molecule has 9 heteroatoms. The molecule has 0 saturated carbocycles. The van der Waals surface area contributed by atoms with Gasteiger partial charge in [0, 0.05) is 26.2 Å². The number of nitrogens with two attached hydrogens (primary N) is 1. The molecule has 140 valence electrons. The second kappa shape index (κ2) is 10.0. The van der Waals surface area contributed by atoms with Gasteiger partial charge in [-0.2, -0.15) is 0 Å². The van der Waals surface area contributed by atoms with Crippen LogP contribution in [0.4, 0.5) is 0 Å². The van der Waals surface area contributed by atoms with Gasteiger partial charge >= 0.3 is 0 Å². The number of furan rings is 1. The standard InChI is InChI=1S/C16H24N4O4.ClH/c1-11(19-15(22)13-5-3-9-24-13)16(23)20-8-2-4-12(10-20)14(21)18-7-6-17;/h3,5,9,11-12H,2,4,6-8,10,17H2,1H3,(H,18,21)(H,19,22);1H. The number of likely N-dealkylation sites (tertiary alicyclic amines) is 1. The average molecular weight is 373 g/mol. The summed E-state index contributed by atoms with van der Waals surface area (Å²) in [5.41, 5.74) is 5.38. The highest BCUT2D eigenvalue weighted by Gasteiger charge is 2.31. The van der Waals surface area contributed by atoms with Crippen molar-refractivity contribution in [2.24, 2.45) is 11.7 Å². The molecule has 2 rings (SSSR count). The van der Waals surface area contributed by atoms with Gasteiger partial charge in [-0.1, -0.05) is 0 Å². The zero-order valence-electron chi connectivity index (χ0n) is 14.2. The van der Waals surface area contributed by atoms with E-state index in [0.717, 1.165) is 12.8 Å². The molecule has 1 aliphatic heterocycles. The summed E-state index contributed by atoms with van der Waals surface area (Å²) >= 11 is 0. The van der Waals surface area contributed by atoms with Crippen LogP contribution >= 0.6 is 12.4 Å². The van der Waals surface area contributed by atoms with Crippen LogP contribution in [0.1, 0.15) is 30.3 Å². The number of halogens is 1. The molecular formula is C16H25ClN4O4. The van der Waals surface area contributed by atoms with Gasteiger partial charge in [0.2, 0.25) is 11.8 Å². The first-order valence-electron chi connectivity index (χ1n) is 8.14. The maximum Gasteiger partial charge on any atom is 0.287 e. The van der Waals surface area contributed by atoms with Gasteiger partial charge in [0.05, 0.1) is 12.2 Å². The van der Waals surface area contributed by atoms with E-state index in [1.165, 1.54) is 12.3 Å². The Labute approximate surface area is 152 Å². The number of rotatable bonds is 6. The molecule has 1 aromatic rings. The topological polar surface area (TPSA) is 118 Å². The Kier molecular flexibility index (Phi) is 8.44. The van der Waals surface area contributed by atoms with Crippen molar-refractivity contribution in [1.82, 2.24) is 15.5 Å². The maximum atomic E-state index is 12.5. The van der Waals surface area contributed by atoms with Crippen molar-refractivity contribution < 1.29 is 18.8 Å². The fourth-order valence-electron chi connectivity index (χ4n) is 2.74. The molecule has 25 heavy (non-hydrogen) atoms. The van der Waals surface area contributed by atoms with Crippen molar-refractivity contribution in [3.63, 3.8) is 0 Å². The summed E-state index contributed by atoms with van der Waals surface area (Å²) in [6.07, 6.45) is 2.90. The first-order valence-corrected chi connectivity index (χ1v) is 8.14. The number of hydrogen-bond acceptors (Lipinski definition) is 5. The molecule has 0 radical (unpaired) electrons. The number of carbonyl (C=O) groups excluding carboxylic acids is 3. The van der Waals surface area contributed by atoms with E-state index in [-0.39, 0.29) is 35.9 Å². The van der Waals surface area contributed by atoms with Gasteiger partial charge in [0.15, 0.2) is 5.76 Å². The van der Waals surface area contributed by atoms with E-state index in [2.05, 4.69) is 10.6 Å². The lowest BCUT2D eigenvalue weighted by Gasteiger charge is -2.33. The van der Waals surface area contributed by atoms with Gasteiger partial charge < -0.3 is 25.7 Å². The van der Waals surface area contributed by atoms with Crippen molar-refractivity contribution in [2.75, 3.05) is 26.2 Å². The average Bonchev–Trinajstić information content (AvgIpc) is 3.13. The van der Waals surface area contributed by atoms with Gasteiger partial charge in [0.1, 0.15) is 6.04 Å². The summed E-state index contributed by atoms with van der Waals surface area (Å²) in [4.78, 5) is 38.1. The predicted octanol–water partition coefficient (Wildman–Crippen LogP) is 0.133.